The highest BCUT2D eigenvalue weighted by Crippen LogP contribution is 2.26. The van der Waals surface area contributed by atoms with E-state index in [2.05, 4.69) is 17.9 Å². The van der Waals surface area contributed by atoms with Gasteiger partial charge >= 0.3 is 0 Å². The SMILES string of the molecule is COCCN(c1cccc(N)c1C)C(C)COC. The molecule has 0 fully saturated rings. The van der Waals surface area contributed by atoms with Crippen LogP contribution in [0.5, 0.6) is 0 Å². The minimum Gasteiger partial charge on any atom is -0.398 e. The van der Waals surface area contributed by atoms with E-state index >= 15 is 0 Å². The van der Waals surface area contributed by atoms with E-state index in [1.54, 1.807) is 14.2 Å². The van der Waals surface area contributed by atoms with Gasteiger partial charge in [0, 0.05) is 38.2 Å². The van der Waals surface area contributed by atoms with E-state index in [1.807, 2.05) is 19.1 Å². The summed E-state index contributed by atoms with van der Waals surface area (Å²) >= 11 is 0. The molecule has 1 aromatic carbocycles. The highest BCUT2D eigenvalue weighted by Gasteiger charge is 2.16. The maximum absolute atomic E-state index is 5.97. The molecule has 0 aliphatic rings. The van der Waals surface area contributed by atoms with Crippen LogP contribution in [0, 0.1) is 6.92 Å². The van der Waals surface area contributed by atoms with Crippen LogP contribution in [0.2, 0.25) is 0 Å². The Morgan fingerprint density at radius 3 is 2.61 bits per heavy atom. The summed E-state index contributed by atoms with van der Waals surface area (Å²) in [5.41, 5.74) is 9.05. The number of nitrogens with zero attached hydrogens (tertiary/aromatic N) is 1. The Labute approximate surface area is 110 Å². The van der Waals surface area contributed by atoms with Crippen LogP contribution in [0.1, 0.15) is 12.5 Å². The molecule has 1 atom stereocenters. The lowest BCUT2D eigenvalue weighted by Crippen LogP contribution is -2.39. The van der Waals surface area contributed by atoms with Crippen molar-refractivity contribution >= 4 is 11.4 Å². The molecule has 0 radical (unpaired) electrons. The third kappa shape index (κ3) is 3.62. The molecule has 0 heterocycles. The molecule has 18 heavy (non-hydrogen) atoms. The molecular formula is C14H24N2O2. The summed E-state index contributed by atoms with van der Waals surface area (Å²) in [6, 6.07) is 6.28. The van der Waals surface area contributed by atoms with Crippen LogP contribution in [0.25, 0.3) is 0 Å². The Hall–Kier alpha value is -1.26. The molecule has 0 aliphatic carbocycles. The van der Waals surface area contributed by atoms with Gasteiger partial charge < -0.3 is 20.1 Å². The molecule has 0 aromatic heterocycles. The van der Waals surface area contributed by atoms with E-state index in [9.17, 15) is 0 Å². The van der Waals surface area contributed by atoms with Gasteiger partial charge in [-0.15, -0.1) is 0 Å². The fourth-order valence-electron chi connectivity index (χ4n) is 2.05. The predicted molar refractivity (Wildman–Crippen MR) is 76.2 cm³/mol. The molecule has 0 spiro atoms. The zero-order valence-corrected chi connectivity index (χ0v) is 11.8. The third-order valence-corrected chi connectivity index (χ3v) is 3.13. The van der Waals surface area contributed by atoms with Crippen molar-refractivity contribution in [3.63, 3.8) is 0 Å². The van der Waals surface area contributed by atoms with Crippen LogP contribution >= 0.6 is 0 Å². The van der Waals surface area contributed by atoms with Gasteiger partial charge in [0.15, 0.2) is 0 Å². The molecule has 0 amide bonds. The number of benzene rings is 1. The minimum absolute atomic E-state index is 0.283. The second kappa shape index (κ2) is 7.24. The zero-order valence-electron chi connectivity index (χ0n) is 11.8. The predicted octanol–water partition coefficient (Wildman–Crippen LogP) is 2.06. The first-order valence-electron chi connectivity index (χ1n) is 6.21. The maximum atomic E-state index is 5.97. The Balaban J connectivity index is 2.97. The number of hydrogen-bond acceptors (Lipinski definition) is 4. The van der Waals surface area contributed by atoms with Gasteiger partial charge in [-0.25, -0.2) is 0 Å². The number of methoxy groups -OCH3 is 2. The van der Waals surface area contributed by atoms with E-state index < -0.39 is 0 Å². The smallest absolute Gasteiger partial charge is 0.0663 e. The summed E-state index contributed by atoms with van der Waals surface area (Å²) in [4.78, 5) is 2.28. The number of ether oxygens (including phenoxy) is 2. The maximum Gasteiger partial charge on any atom is 0.0663 e. The van der Waals surface area contributed by atoms with Crippen molar-refractivity contribution in [1.29, 1.82) is 0 Å². The molecule has 1 aromatic rings. The summed E-state index contributed by atoms with van der Waals surface area (Å²) in [5.74, 6) is 0. The average Bonchev–Trinajstić information content (AvgIpc) is 2.35. The summed E-state index contributed by atoms with van der Waals surface area (Å²) in [6.45, 7) is 6.37. The largest absolute Gasteiger partial charge is 0.398 e. The lowest BCUT2D eigenvalue weighted by atomic mass is 10.1. The Kier molecular flexibility index (Phi) is 5.95. The number of hydrogen-bond donors (Lipinski definition) is 1. The quantitative estimate of drug-likeness (QED) is 0.755. The molecular weight excluding hydrogens is 228 g/mol. The monoisotopic (exact) mass is 252 g/mol. The van der Waals surface area contributed by atoms with E-state index in [0.29, 0.717) is 13.2 Å². The molecule has 2 N–H and O–H groups in total. The molecule has 102 valence electrons. The van der Waals surface area contributed by atoms with E-state index in [4.69, 9.17) is 15.2 Å². The number of anilines is 2. The van der Waals surface area contributed by atoms with E-state index in [0.717, 1.165) is 23.5 Å². The molecule has 0 saturated carbocycles. The van der Waals surface area contributed by atoms with Gasteiger partial charge in [0.25, 0.3) is 0 Å². The van der Waals surface area contributed by atoms with Crippen molar-refractivity contribution < 1.29 is 9.47 Å². The molecule has 0 bridgehead atoms. The third-order valence-electron chi connectivity index (χ3n) is 3.13. The zero-order chi connectivity index (χ0) is 13.5. The van der Waals surface area contributed by atoms with Gasteiger partial charge in [-0.3, -0.25) is 0 Å². The van der Waals surface area contributed by atoms with Gasteiger partial charge in [-0.1, -0.05) is 6.07 Å². The van der Waals surface area contributed by atoms with Crippen molar-refractivity contribution in [1.82, 2.24) is 0 Å². The van der Waals surface area contributed by atoms with Crippen molar-refractivity contribution in [2.24, 2.45) is 0 Å². The lowest BCUT2D eigenvalue weighted by molar-refractivity contribution is 0.171. The van der Waals surface area contributed by atoms with Crippen molar-refractivity contribution in [2.75, 3.05) is 44.6 Å². The number of nitrogens with two attached hydrogens (primary N) is 1. The van der Waals surface area contributed by atoms with Crippen molar-refractivity contribution in [2.45, 2.75) is 19.9 Å². The molecule has 4 nitrogen and oxygen atoms in total. The van der Waals surface area contributed by atoms with Gasteiger partial charge in [0.2, 0.25) is 0 Å². The van der Waals surface area contributed by atoms with Crippen LogP contribution in [0.4, 0.5) is 11.4 Å². The van der Waals surface area contributed by atoms with Crippen molar-refractivity contribution in [3.05, 3.63) is 23.8 Å². The topological polar surface area (TPSA) is 47.7 Å². The van der Waals surface area contributed by atoms with Crippen LogP contribution in [-0.2, 0) is 9.47 Å². The molecule has 4 heteroatoms. The summed E-state index contributed by atoms with van der Waals surface area (Å²) in [7, 11) is 3.43. The summed E-state index contributed by atoms with van der Waals surface area (Å²) in [5, 5.41) is 0. The van der Waals surface area contributed by atoms with Gasteiger partial charge in [0.05, 0.1) is 13.2 Å². The summed E-state index contributed by atoms with van der Waals surface area (Å²) < 4.78 is 10.4. The first-order valence-corrected chi connectivity index (χ1v) is 6.21. The average molecular weight is 252 g/mol. The van der Waals surface area contributed by atoms with Crippen LogP contribution < -0.4 is 10.6 Å². The second-order valence-corrected chi connectivity index (χ2v) is 4.48. The van der Waals surface area contributed by atoms with E-state index in [-0.39, 0.29) is 6.04 Å². The summed E-state index contributed by atoms with van der Waals surface area (Å²) in [6.07, 6.45) is 0. The second-order valence-electron chi connectivity index (χ2n) is 4.48. The van der Waals surface area contributed by atoms with Crippen LogP contribution in [-0.4, -0.2) is 40.0 Å². The first kappa shape index (κ1) is 14.8. The molecule has 1 rings (SSSR count). The molecule has 0 saturated heterocycles. The first-order chi connectivity index (χ1) is 8.61. The highest BCUT2D eigenvalue weighted by molar-refractivity contribution is 5.64. The Morgan fingerprint density at radius 1 is 1.28 bits per heavy atom. The standard InChI is InChI=1S/C14H24N2O2/c1-11(10-18-4)16(8-9-17-3)14-7-5-6-13(15)12(14)2/h5-7,11H,8-10,15H2,1-4H3. The lowest BCUT2D eigenvalue weighted by Gasteiger charge is -2.32. The van der Waals surface area contributed by atoms with Gasteiger partial charge in [0.1, 0.15) is 0 Å². The van der Waals surface area contributed by atoms with Gasteiger partial charge in [-0.2, -0.15) is 0 Å². The van der Waals surface area contributed by atoms with Crippen molar-refractivity contribution in [3.8, 4) is 0 Å². The number of nitrogen functional groups attached to an aromatic ring is 1. The Bertz CT molecular complexity index is 369. The minimum atomic E-state index is 0.283. The van der Waals surface area contributed by atoms with E-state index in [1.165, 1.54) is 0 Å². The molecule has 0 aliphatic heterocycles. The normalized spacial score (nSPS) is 12.4. The number of rotatable bonds is 7. The fraction of sp³-hybridized carbons (Fsp3) is 0.571. The highest BCUT2D eigenvalue weighted by atomic mass is 16.5. The molecule has 1 unspecified atom stereocenters. The Morgan fingerprint density at radius 2 is 2.00 bits per heavy atom. The van der Waals surface area contributed by atoms with Crippen LogP contribution in [0.3, 0.4) is 0 Å². The van der Waals surface area contributed by atoms with Crippen LogP contribution in [0.15, 0.2) is 18.2 Å². The van der Waals surface area contributed by atoms with Gasteiger partial charge in [-0.05, 0) is 31.5 Å². The fourth-order valence-corrected chi connectivity index (χ4v) is 2.05.